The highest BCUT2D eigenvalue weighted by molar-refractivity contribution is 5.12. The number of likely N-dealkylation sites (tertiary alicyclic amines) is 1. The molecule has 2 aromatic heterocycles. The van der Waals surface area contributed by atoms with E-state index in [2.05, 4.69) is 19.9 Å². The highest BCUT2D eigenvalue weighted by Gasteiger charge is 2.20. The van der Waals surface area contributed by atoms with Crippen LogP contribution in [0.15, 0.2) is 29.8 Å². The van der Waals surface area contributed by atoms with Crippen molar-refractivity contribution in [3.05, 3.63) is 52.2 Å². The van der Waals surface area contributed by atoms with Crippen LogP contribution in [-0.2, 0) is 13.1 Å². The van der Waals surface area contributed by atoms with E-state index < -0.39 is 0 Å². The molecule has 0 spiro atoms. The normalized spacial score (nSPS) is 16.6. The van der Waals surface area contributed by atoms with Crippen molar-refractivity contribution in [1.82, 2.24) is 24.4 Å². The van der Waals surface area contributed by atoms with Crippen LogP contribution in [0, 0.1) is 19.8 Å². The van der Waals surface area contributed by atoms with Crippen molar-refractivity contribution in [3.63, 3.8) is 0 Å². The quantitative estimate of drug-likeness (QED) is 0.857. The first-order valence-corrected chi connectivity index (χ1v) is 8.12. The van der Waals surface area contributed by atoms with Gasteiger partial charge in [0.25, 0.3) is 5.56 Å². The van der Waals surface area contributed by atoms with Crippen molar-refractivity contribution < 1.29 is 0 Å². The molecular weight excluding hydrogens is 290 g/mol. The van der Waals surface area contributed by atoms with Gasteiger partial charge in [-0.2, -0.15) is 0 Å². The predicted octanol–water partition coefficient (Wildman–Crippen LogP) is 1.56. The molecule has 0 aliphatic carbocycles. The summed E-state index contributed by atoms with van der Waals surface area (Å²) >= 11 is 0. The van der Waals surface area contributed by atoms with Crippen molar-refractivity contribution >= 4 is 0 Å². The van der Waals surface area contributed by atoms with E-state index in [1.165, 1.54) is 0 Å². The third kappa shape index (κ3) is 3.82. The second-order valence-electron chi connectivity index (χ2n) is 6.38. The van der Waals surface area contributed by atoms with E-state index in [0.717, 1.165) is 55.8 Å². The van der Waals surface area contributed by atoms with Crippen molar-refractivity contribution in [2.45, 2.75) is 39.8 Å². The fourth-order valence-electron chi connectivity index (χ4n) is 3.08. The van der Waals surface area contributed by atoms with E-state index in [1.807, 2.05) is 26.2 Å². The lowest BCUT2D eigenvalue weighted by Gasteiger charge is -2.32. The first kappa shape index (κ1) is 15.8. The van der Waals surface area contributed by atoms with Crippen LogP contribution >= 0.6 is 0 Å². The Hall–Kier alpha value is -2.08. The van der Waals surface area contributed by atoms with Crippen LogP contribution in [-0.4, -0.2) is 37.5 Å². The first-order chi connectivity index (χ1) is 11.1. The largest absolute Gasteiger partial charge is 0.299 e. The molecule has 0 saturated carbocycles. The number of aryl methyl sites for hydroxylation is 1. The van der Waals surface area contributed by atoms with Gasteiger partial charge in [-0.1, -0.05) is 0 Å². The SMILES string of the molecule is Cc1ncn(CC2CCN(Cc3cncnc3)CC2)c(=O)c1C. The molecule has 0 radical (unpaired) electrons. The number of rotatable bonds is 4. The third-order valence-corrected chi connectivity index (χ3v) is 4.70. The van der Waals surface area contributed by atoms with Gasteiger partial charge in [0.1, 0.15) is 6.33 Å². The zero-order chi connectivity index (χ0) is 16.2. The number of nitrogens with zero attached hydrogens (tertiary/aromatic N) is 5. The molecule has 1 aliphatic heterocycles. The van der Waals surface area contributed by atoms with Crippen molar-refractivity contribution in [2.24, 2.45) is 5.92 Å². The van der Waals surface area contributed by atoms with E-state index in [1.54, 1.807) is 17.2 Å². The Labute approximate surface area is 136 Å². The van der Waals surface area contributed by atoms with E-state index >= 15 is 0 Å². The number of hydrogen-bond acceptors (Lipinski definition) is 5. The third-order valence-electron chi connectivity index (χ3n) is 4.70. The molecule has 122 valence electrons. The fraction of sp³-hybridized carbons (Fsp3) is 0.529. The highest BCUT2D eigenvalue weighted by Crippen LogP contribution is 2.20. The van der Waals surface area contributed by atoms with Crippen LogP contribution in [0.2, 0.25) is 0 Å². The van der Waals surface area contributed by atoms with E-state index in [9.17, 15) is 4.79 Å². The number of aromatic nitrogens is 4. The Morgan fingerprint density at radius 3 is 2.57 bits per heavy atom. The minimum Gasteiger partial charge on any atom is -0.299 e. The molecule has 0 aromatic carbocycles. The van der Waals surface area contributed by atoms with Crippen molar-refractivity contribution in [2.75, 3.05) is 13.1 Å². The summed E-state index contributed by atoms with van der Waals surface area (Å²) in [4.78, 5) is 27.1. The molecule has 1 fully saturated rings. The van der Waals surface area contributed by atoms with Gasteiger partial charge in [-0.3, -0.25) is 14.3 Å². The summed E-state index contributed by atoms with van der Waals surface area (Å²) in [5, 5.41) is 0. The summed E-state index contributed by atoms with van der Waals surface area (Å²) in [6.07, 6.45) is 9.21. The Morgan fingerprint density at radius 1 is 1.17 bits per heavy atom. The van der Waals surface area contributed by atoms with Gasteiger partial charge in [-0.15, -0.1) is 0 Å². The molecule has 23 heavy (non-hydrogen) atoms. The van der Waals surface area contributed by atoms with Crippen LogP contribution in [0.4, 0.5) is 0 Å². The number of piperidine rings is 1. The first-order valence-electron chi connectivity index (χ1n) is 8.12. The van der Waals surface area contributed by atoms with Crippen molar-refractivity contribution in [3.8, 4) is 0 Å². The van der Waals surface area contributed by atoms with E-state index in [4.69, 9.17) is 0 Å². The topological polar surface area (TPSA) is 63.9 Å². The minimum absolute atomic E-state index is 0.0985. The molecule has 0 unspecified atom stereocenters. The molecule has 6 heteroatoms. The number of hydrogen-bond donors (Lipinski definition) is 0. The molecule has 3 heterocycles. The molecule has 6 nitrogen and oxygen atoms in total. The Bertz CT molecular complexity index is 705. The summed E-state index contributed by atoms with van der Waals surface area (Å²) in [5.41, 5.74) is 2.84. The molecule has 0 amide bonds. The molecule has 1 saturated heterocycles. The monoisotopic (exact) mass is 313 g/mol. The van der Waals surface area contributed by atoms with Crippen LogP contribution in [0.3, 0.4) is 0 Å². The molecule has 2 aromatic rings. The smallest absolute Gasteiger partial charge is 0.256 e. The van der Waals surface area contributed by atoms with Gasteiger partial charge in [0.2, 0.25) is 0 Å². The molecule has 0 atom stereocenters. The highest BCUT2D eigenvalue weighted by atomic mass is 16.1. The summed E-state index contributed by atoms with van der Waals surface area (Å²) in [6.45, 7) is 7.51. The summed E-state index contributed by atoms with van der Waals surface area (Å²) in [7, 11) is 0. The van der Waals surface area contributed by atoms with Crippen molar-refractivity contribution in [1.29, 1.82) is 0 Å². The molecule has 0 N–H and O–H groups in total. The second-order valence-corrected chi connectivity index (χ2v) is 6.38. The van der Waals surface area contributed by atoms with Gasteiger partial charge in [-0.25, -0.2) is 15.0 Å². The van der Waals surface area contributed by atoms with Gasteiger partial charge < -0.3 is 0 Å². The molecule has 1 aliphatic rings. The zero-order valence-corrected chi connectivity index (χ0v) is 13.8. The summed E-state index contributed by atoms with van der Waals surface area (Å²) in [5.74, 6) is 0.542. The predicted molar refractivity (Wildman–Crippen MR) is 88.0 cm³/mol. The lowest BCUT2D eigenvalue weighted by molar-refractivity contribution is 0.166. The Morgan fingerprint density at radius 2 is 1.87 bits per heavy atom. The van der Waals surface area contributed by atoms with Crippen LogP contribution in [0.5, 0.6) is 0 Å². The van der Waals surface area contributed by atoms with Gasteiger partial charge in [0.15, 0.2) is 0 Å². The van der Waals surface area contributed by atoms with E-state index in [-0.39, 0.29) is 5.56 Å². The second kappa shape index (κ2) is 7.00. The maximum absolute atomic E-state index is 12.3. The van der Waals surface area contributed by atoms with Gasteiger partial charge >= 0.3 is 0 Å². The Balaban J connectivity index is 1.55. The molecule has 0 bridgehead atoms. The Kier molecular flexibility index (Phi) is 4.81. The summed E-state index contributed by atoms with van der Waals surface area (Å²) in [6, 6.07) is 0. The van der Waals surface area contributed by atoms with Gasteiger partial charge in [0, 0.05) is 42.3 Å². The van der Waals surface area contributed by atoms with Gasteiger partial charge in [0.05, 0.1) is 6.33 Å². The minimum atomic E-state index is 0.0985. The maximum Gasteiger partial charge on any atom is 0.256 e. The zero-order valence-electron chi connectivity index (χ0n) is 13.8. The fourth-order valence-corrected chi connectivity index (χ4v) is 3.08. The lowest BCUT2D eigenvalue weighted by atomic mass is 9.96. The van der Waals surface area contributed by atoms with E-state index in [0.29, 0.717) is 5.92 Å². The standard InChI is InChI=1S/C17H23N5O/c1-13-14(2)20-12-22(17(13)23)10-15-3-5-21(6-4-15)9-16-7-18-11-19-8-16/h7-8,11-12,15H,3-6,9-10H2,1-2H3. The molecule has 3 rings (SSSR count). The van der Waals surface area contributed by atoms with Gasteiger partial charge in [-0.05, 0) is 45.7 Å². The van der Waals surface area contributed by atoms with Crippen LogP contribution < -0.4 is 5.56 Å². The molecular formula is C17H23N5O. The lowest BCUT2D eigenvalue weighted by Crippen LogP contribution is -2.36. The average Bonchev–Trinajstić information content (AvgIpc) is 2.58. The maximum atomic E-state index is 12.3. The van der Waals surface area contributed by atoms with Crippen LogP contribution in [0.1, 0.15) is 29.7 Å². The van der Waals surface area contributed by atoms with Crippen LogP contribution in [0.25, 0.3) is 0 Å². The summed E-state index contributed by atoms with van der Waals surface area (Å²) < 4.78 is 1.77. The average molecular weight is 313 g/mol.